The van der Waals surface area contributed by atoms with Crippen LogP contribution in [-0.2, 0) is 10.8 Å². The molecule has 1 aliphatic heterocycles. The second-order valence-corrected chi connectivity index (χ2v) is 4.89. The van der Waals surface area contributed by atoms with Crippen molar-refractivity contribution in [2.45, 2.75) is 31.1 Å². The minimum atomic E-state index is -0.555. The highest BCUT2D eigenvalue weighted by Crippen LogP contribution is 2.13. The second kappa shape index (κ2) is 3.49. The smallest absolute Gasteiger partial charge is 0.0640 e. The van der Waals surface area contributed by atoms with Crippen molar-refractivity contribution >= 4 is 10.8 Å². The molecule has 1 saturated heterocycles. The zero-order valence-corrected chi connectivity index (χ0v) is 7.19. The molecule has 2 nitrogen and oxygen atoms in total. The fraction of sp³-hybridized carbons (Fsp3) is 0.857. The summed E-state index contributed by atoms with van der Waals surface area (Å²) in [5.41, 5.74) is 0. The van der Waals surface area contributed by atoms with E-state index >= 15 is 0 Å². The van der Waals surface area contributed by atoms with Crippen molar-refractivity contribution in [1.82, 2.24) is 0 Å². The monoisotopic (exact) mass is 161 g/mol. The van der Waals surface area contributed by atoms with E-state index in [4.69, 9.17) is 0 Å². The molecule has 1 aliphatic rings. The molecule has 3 heteroatoms. The molecule has 3 atom stereocenters. The summed E-state index contributed by atoms with van der Waals surface area (Å²) in [5.74, 6) is 0.873. The van der Waals surface area contributed by atoms with E-state index in [9.17, 15) is 4.21 Å². The number of rotatable bonds is 1. The van der Waals surface area contributed by atoms with Crippen LogP contribution in [-0.4, -0.2) is 21.3 Å². The number of quaternary nitrogens is 1. The van der Waals surface area contributed by atoms with Crippen LogP contribution in [0.15, 0.2) is 0 Å². The Kier molecular flexibility index (Phi) is 2.86. The third-order valence-electron chi connectivity index (χ3n) is 2.11. The molecule has 2 N–H and O–H groups in total. The lowest BCUT2D eigenvalue weighted by Crippen LogP contribution is -2.84. The van der Waals surface area contributed by atoms with E-state index in [0.29, 0.717) is 11.3 Å². The predicted octanol–water partition coefficient (Wildman–Crippen LogP) is -0.359. The van der Waals surface area contributed by atoms with Gasteiger partial charge in [-0.05, 0) is 0 Å². The Morgan fingerprint density at radius 2 is 2.40 bits per heavy atom. The van der Waals surface area contributed by atoms with Gasteiger partial charge in [0.25, 0.3) is 0 Å². The molecular weight excluding hydrogens is 146 g/mol. The summed E-state index contributed by atoms with van der Waals surface area (Å²) in [5, 5.41) is 2.38. The molecule has 60 valence electrons. The van der Waals surface area contributed by atoms with Crippen molar-refractivity contribution < 1.29 is 9.53 Å². The second-order valence-electron chi connectivity index (χ2n) is 2.92. The predicted molar refractivity (Wildman–Crippen MR) is 42.8 cm³/mol. The van der Waals surface area contributed by atoms with Gasteiger partial charge in [-0.25, -0.2) is 0 Å². The Morgan fingerprint density at radius 3 is 2.90 bits per heavy atom. The van der Waals surface area contributed by atoms with Crippen LogP contribution in [0.2, 0.25) is 0 Å². The molecule has 0 bridgehead atoms. The maximum Gasteiger partial charge on any atom is 0.0640 e. The van der Waals surface area contributed by atoms with Gasteiger partial charge in [0.15, 0.2) is 0 Å². The molecule has 0 aromatic rings. The molecule has 3 unspecified atom stereocenters. The van der Waals surface area contributed by atoms with Gasteiger partial charge in [-0.15, -0.1) is 0 Å². The fourth-order valence-corrected chi connectivity index (χ4v) is 2.73. The van der Waals surface area contributed by atoms with Crippen LogP contribution in [0, 0.1) is 7.05 Å². The van der Waals surface area contributed by atoms with Gasteiger partial charge in [0.05, 0.1) is 6.04 Å². The van der Waals surface area contributed by atoms with Crippen LogP contribution < -0.4 is 5.32 Å². The Hall–Kier alpha value is 0.110. The molecule has 0 aromatic carbocycles. The molecule has 0 aromatic heterocycles. The van der Waals surface area contributed by atoms with Gasteiger partial charge in [0.2, 0.25) is 0 Å². The Morgan fingerprint density at radius 1 is 1.70 bits per heavy atom. The van der Waals surface area contributed by atoms with Crippen LogP contribution in [0.5, 0.6) is 0 Å². The van der Waals surface area contributed by atoms with E-state index in [2.05, 4.69) is 14.0 Å². The maximum absolute atomic E-state index is 11.1. The van der Waals surface area contributed by atoms with Crippen molar-refractivity contribution in [3.63, 3.8) is 0 Å². The highest BCUT2D eigenvalue weighted by Gasteiger charge is 2.23. The van der Waals surface area contributed by atoms with Crippen LogP contribution in [0.1, 0.15) is 19.8 Å². The summed E-state index contributed by atoms with van der Waals surface area (Å²) in [4.78, 5) is 0. The van der Waals surface area contributed by atoms with Crippen LogP contribution in [0.4, 0.5) is 0 Å². The normalized spacial score (nSPS) is 41.6. The lowest BCUT2D eigenvalue weighted by Gasteiger charge is -2.25. The zero-order chi connectivity index (χ0) is 7.56. The molecule has 0 aliphatic carbocycles. The third-order valence-corrected chi connectivity index (χ3v) is 3.83. The van der Waals surface area contributed by atoms with Crippen molar-refractivity contribution in [3.05, 3.63) is 7.05 Å². The van der Waals surface area contributed by atoms with E-state index in [1.807, 2.05) is 5.32 Å². The van der Waals surface area contributed by atoms with Gasteiger partial charge in [0, 0.05) is 34.6 Å². The lowest BCUT2D eigenvalue weighted by atomic mass is 10.1. The molecular formula is C7H15NOS. The van der Waals surface area contributed by atoms with Gasteiger partial charge in [-0.2, -0.15) is 7.05 Å². The summed E-state index contributed by atoms with van der Waals surface area (Å²) in [6, 6.07) is 0.618. The van der Waals surface area contributed by atoms with Crippen molar-refractivity contribution in [2.75, 3.05) is 5.75 Å². The van der Waals surface area contributed by atoms with Gasteiger partial charge in [-0.3, -0.25) is 4.21 Å². The van der Waals surface area contributed by atoms with Crippen LogP contribution in [0.25, 0.3) is 0 Å². The van der Waals surface area contributed by atoms with Crippen molar-refractivity contribution in [3.8, 4) is 0 Å². The van der Waals surface area contributed by atoms with Gasteiger partial charge >= 0.3 is 0 Å². The minimum absolute atomic E-state index is 0.386. The summed E-state index contributed by atoms with van der Waals surface area (Å²) >= 11 is 0. The molecule has 1 heterocycles. The van der Waals surface area contributed by atoms with E-state index in [-0.39, 0.29) is 0 Å². The van der Waals surface area contributed by atoms with E-state index < -0.39 is 10.8 Å². The SMILES string of the molecule is [CH2-][NH2+]C1CCS(=O)C(C)C1. The Balaban J connectivity index is 2.40. The molecule has 0 radical (unpaired) electrons. The summed E-state index contributed by atoms with van der Waals surface area (Å²) in [6.07, 6.45) is 2.14. The first-order valence-corrected chi connectivity index (χ1v) is 5.12. The highest BCUT2D eigenvalue weighted by atomic mass is 32.2. The highest BCUT2D eigenvalue weighted by molar-refractivity contribution is 7.85. The third kappa shape index (κ3) is 1.80. The fourth-order valence-electron chi connectivity index (χ4n) is 1.33. The van der Waals surface area contributed by atoms with E-state index in [1.54, 1.807) is 0 Å². The quantitative estimate of drug-likeness (QED) is 0.524. The topological polar surface area (TPSA) is 33.7 Å². The first kappa shape index (κ1) is 8.21. The number of nitrogens with two attached hydrogens (primary N) is 1. The molecule has 0 spiro atoms. The van der Waals surface area contributed by atoms with E-state index in [0.717, 1.165) is 18.6 Å². The molecule has 0 amide bonds. The average molecular weight is 161 g/mol. The first-order valence-electron chi connectivity index (χ1n) is 3.73. The van der Waals surface area contributed by atoms with E-state index in [1.165, 1.54) is 0 Å². The first-order chi connectivity index (χ1) is 4.74. The largest absolute Gasteiger partial charge is 0.476 e. The molecule has 1 fully saturated rings. The summed E-state index contributed by atoms with van der Waals surface area (Å²) in [7, 11) is 3.19. The van der Waals surface area contributed by atoms with Gasteiger partial charge in [0.1, 0.15) is 0 Å². The van der Waals surface area contributed by atoms with Gasteiger partial charge in [-0.1, -0.05) is 6.92 Å². The maximum atomic E-state index is 11.1. The van der Waals surface area contributed by atoms with Gasteiger partial charge < -0.3 is 5.32 Å². The standard InChI is InChI=1S/C7H15NOS/c1-6-5-7(8-2)3-4-10(6)9/h6-7H,2-5,8H2,1H3. The summed E-state index contributed by atoms with van der Waals surface area (Å²) < 4.78 is 11.1. The van der Waals surface area contributed by atoms with Crippen molar-refractivity contribution in [2.24, 2.45) is 0 Å². The zero-order valence-electron chi connectivity index (χ0n) is 6.38. The molecule has 0 saturated carbocycles. The van der Waals surface area contributed by atoms with Crippen molar-refractivity contribution in [1.29, 1.82) is 0 Å². The van der Waals surface area contributed by atoms with Crippen LogP contribution >= 0.6 is 0 Å². The number of hydrogen-bond donors (Lipinski definition) is 1. The molecule has 10 heavy (non-hydrogen) atoms. The Labute approximate surface area is 64.8 Å². The molecule has 1 rings (SSSR count). The summed E-state index contributed by atoms with van der Waals surface area (Å²) in [6.45, 7) is 2.06. The number of hydrogen-bond acceptors (Lipinski definition) is 1. The minimum Gasteiger partial charge on any atom is -0.476 e. The lowest BCUT2D eigenvalue weighted by molar-refractivity contribution is -0.635. The average Bonchev–Trinajstić information content (AvgIpc) is 1.95. The van der Waals surface area contributed by atoms with Crippen LogP contribution in [0.3, 0.4) is 0 Å². The Bertz CT molecular complexity index is 138.